The molecule has 1 saturated heterocycles. The van der Waals surface area contributed by atoms with Crippen molar-refractivity contribution < 1.29 is 19.4 Å². The number of rotatable bonds is 8. The average molecular weight is 385 g/mol. The molecule has 2 aromatic rings. The molecular weight excluding hydrogens is 358 g/mol. The van der Waals surface area contributed by atoms with Crippen molar-refractivity contribution in [2.45, 2.75) is 12.6 Å². The van der Waals surface area contributed by atoms with Gasteiger partial charge in [0.15, 0.2) is 0 Å². The van der Waals surface area contributed by atoms with Gasteiger partial charge >= 0.3 is 5.97 Å². The maximum Gasteiger partial charge on any atom is 0.317 e. The first-order valence-electron chi connectivity index (χ1n) is 9.36. The number of carboxylic acid groups (broad SMARTS) is 1. The largest absolute Gasteiger partial charge is 0.496 e. The number of aliphatic carboxylic acids is 1. The summed E-state index contributed by atoms with van der Waals surface area (Å²) in [6, 6.07) is 10.2. The fourth-order valence-electron chi connectivity index (χ4n) is 3.54. The normalized spacial score (nSPS) is 17.6. The molecule has 1 aliphatic rings. The Balaban J connectivity index is 1.69. The van der Waals surface area contributed by atoms with Crippen LogP contribution in [0.3, 0.4) is 0 Å². The van der Waals surface area contributed by atoms with Gasteiger partial charge in [0.1, 0.15) is 5.75 Å². The van der Waals surface area contributed by atoms with Crippen molar-refractivity contribution in [2.75, 3.05) is 46.9 Å². The first-order chi connectivity index (χ1) is 13.5. The number of benzene rings is 1. The Labute approximate surface area is 165 Å². The molecule has 0 aliphatic carbocycles. The lowest BCUT2D eigenvalue weighted by Gasteiger charge is -2.34. The van der Waals surface area contributed by atoms with Crippen molar-refractivity contribution in [3.63, 3.8) is 0 Å². The van der Waals surface area contributed by atoms with E-state index in [-0.39, 0.29) is 12.6 Å². The fraction of sp³-hybridized carbons (Fsp3) is 0.429. The maximum atomic E-state index is 10.9. The molecule has 3 rings (SSSR count). The monoisotopic (exact) mass is 385 g/mol. The molecule has 0 radical (unpaired) electrons. The van der Waals surface area contributed by atoms with E-state index in [2.05, 4.69) is 22.0 Å². The maximum absolute atomic E-state index is 10.9. The molecule has 0 amide bonds. The summed E-state index contributed by atoms with van der Waals surface area (Å²) in [7, 11) is 3.49. The number of carbonyl (C=O) groups is 1. The van der Waals surface area contributed by atoms with Crippen molar-refractivity contribution in [3.8, 4) is 16.9 Å². The third kappa shape index (κ3) is 5.51. The number of pyridine rings is 1. The van der Waals surface area contributed by atoms with Crippen LogP contribution in [0, 0.1) is 0 Å². The SMILES string of the molecule is COc1ccc(-c2ccncc2)cc1CN1CCOC(CN(C)CC(=O)O)C1. The van der Waals surface area contributed by atoms with Crippen LogP contribution >= 0.6 is 0 Å². The highest BCUT2D eigenvalue weighted by Gasteiger charge is 2.23. The lowest BCUT2D eigenvalue weighted by atomic mass is 10.0. The van der Waals surface area contributed by atoms with E-state index >= 15 is 0 Å². The number of nitrogens with zero attached hydrogens (tertiary/aromatic N) is 3. The van der Waals surface area contributed by atoms with E-state index in [1.807, 2.05) is 18.2 Å². The molecular formula is C21H27N3O4. The molecule has 1 aromatic heterocycles. The molecule has 1 fully saturated rings. The van der Waals surface area contributed by atoms with E-state index in [9.17, 15) is 4.79 Å². The van der Waals surface area contributed by atoms with Crippen molar-refractivity contribution in [3.05, 3.63) is 48.3 Å². The molecule has 7 nitrogen and oxygen atoms in total. The Hall–Kier alpha value is -2.48. The number of hydrogen-bond donors (Lipinski definition) is 1. The van der Waals surface area contributed by atoms with Gasteiger partial charge in [0.05, 0.1) is 26.4 Å². The summed E-state index contributed by atoms with van der Waals surface area (Å²) in [6.45, 7) is 3.59. The Morgan fingerprint density at radius 3 is 2.82 bits per heavy atom. The van der Waals surface area contributed by atoms with Crippen molar-refractivity contribution >= 4 is 5.97 Å². The standard InChI is InChI=1S/C21H27N3O4/c1-23(15-21(25)26)13-19-14-24(9-10-28-19)12-18-11-17(3-4-20(18)27-2)16-5-7-22-8-6-16/h3-8,11,19H,9-10,12-15H2,1-2H3,(H,25,26). The van der Waals surface area contributed by atoms with E-state index in [1.54, 1.807) is 31.5 Å². The van der Waals surface area contributed by atoms with E-state index in [0.29, 0.717) is 13.2 Å². The molecule has 1 aliphatic heterocycles. The molecule has 0 spiro atoms. The second-order valence-corrected chi connectivity index (χ2v) is 7.08. The van der Waals surface area contributed by atoms with E-state index in [4.69, 9.17) is 14.6 Å². The number of carboxylic acids is 1. The minimum atomic E-state index is -0.826. The van der Waals surface area contributed by atoms with E-state index in [1.165, 1.54) is 0 Å². The molecule has 2 heterocycles. The predicted octanol–water partition coefficient (Wildman–Crippen LogP) is 1.97. The second-order valence-electron chi connectivity index (χ2n) is 7.08. The summed E-state index contributed by atoms with van der Waals surface area (Å²) in [4.78, 5) is 19.1. The van der Waals surface area contributed by atoms with Crippen LogP contribution in [0.4, 0.5) is 0 Å². The minimum absolute atomic E-state index is 0.00697. The van der Waals surface area contributed by atoms with E-state index in [0.717, 1.165) is 42.1 Å². The second kappa shape index (κ2) is 9.64. The highest BCUT2D eigenvalue weighted by atomic mass is 16.5. The topological polar surface area (TPSA) is 75.1 Å². The zero-order valence-corrected chi connectivity index (χ0v) is 16.4. The minimum Gasteiger partial charge on any atom is -0.496 e. The Kier molecular flexibility index (Phi) is 6.97. The zero-order valence-electron chi connectivity index (χ0n) is 16.4. The molecule has 0 saturated carbocycles. The molecule has 1 atom stereocenters. The van der Waals surface area contributed by atoms with Gasteiger partial charge in [0.25, 0.3) is 0 Å². The third-order valence-electron chi connectivity index (χ3n) is 4.83. The summed E-state index contributed by atoms with van der Waals surface area (Å²) < 4.78 is 11.4. The first kappa shape index (κ1) is 20.3. The summed E-state index contributed by atoms with van der Waals surface area (Å²) in [5.41, 5.74) is 3.37. The van der Waals surface area contributed by atoms with Crippen LogP contribution in [0.25, 0.3) is 11.1 Å². The smallest absolute Gasteiger partial charge is 0.317 e. The van der Waals surface area contributed by atoms with Gasteiger partial charge in [-0.05, 0) is 42.4 Å². The number of likely N-dealkylation sites (N-methyl/N-ethyl adjacent to an activating group) is 1. The van der Waals surface area contributed by atoms with Crippen molar-refractivity contribution in [1.29, 1.82) is 0 Å². The van der Waals surface area contributed by atoms with Gasteiger partial charge in [-0.15, -0.1) is 0 Å². The lowest BCUT2D eigenvalue weighted by molar-refractivity contribution is -0.138. The summed E-state index contributed by atoms with van der Waals surface area (Å²) in [5.74, 6) is 0.0386. The molecule has 0 bridgehead atoms. The van der Waals surface area contributed by atoms with Gasteiger partial charge in [-0.1, -0.05) is 6.07 Å². The van der Waals surface area contributed by atoms with Gasteiger partial charge < -0.3 is 14.6 Å². The Morgan fingerprint density at radius 1 is 1.32 bits per heavy atom. The number of aromatic nitrogens is 1. The van der Waals surface area contributed by atoms with Gasteiger partial charge in [0.2, 0.25) is 0 Å². The highest BCUT2D eigenvalue weighted by Crippen LogP contribution is 2.28. The van der Waals surface area contributed by atoms with Crippen LogP contribution in [-0.2, 0) is 16.1 Å². The molecule has 150 valence electrons. The predicted molar refractivity (Wildman–Crippen MR) is 106 cm³/mol. The lowest BCUT2D eigenvalue weighted by Crippen LogP contribution is -2.47. The molecule has 1 N–H and O–H groups in total. The Bertz CT molecular complexity index is 784. The van der Waals surface area contributed by atoms with Crippen LogP contribution in [0.2, 0.25) is 0 Å². The van der Waals surface area contributed by atoms with Crippen LogP contribution in [0.5, 0.6) is 5.75 Å². The van der Waals surface area contributed by atoms with Crippen molar-refractivity contribution in [2.24, 2.45) is 0 Å². The highest BCUT2D eigenvalue weighted by molar-refractivity contribution is 5.69. The van der Waals surface area contributed by atoms with Gasteiger partial charge in [0, 0.05) is 44.1 Å². The van der Waals surface area contributed by atoms with E-state index < -0.39 is 5.97 Å². The Morgan fingerprint density at radius 2 is 2.11 bits per heavy atom. The molecule has 28 heavy (non-hydrogen) atoms. The first-order valence-corrected chi connectivity index (χ1v) is 9.36. The van der Waals surface area contributed by atoms with Crippen LogP contribution < -0.4 is 4.74 Å². The molecule has 1 aromatic carbocycles. The number of methoxy groups -OCH3 is 1. The van der Waals surface area contributed by atoms with Gasteiger partial charge in [-0.25, -0.2) is 0 Å². The van der Waals surface area contributed by atoms with Crippen LogP contribution in [-0.4, -0.2) is 78.9 Å². The third-order valence-corrected chi connectivity index (χ3v) is 4.83. The van der Waals surface area contributed by atoms with Crippen LogP contribution in [0.15, 0.2) is 42.7 Å². The fourth-order valence-corrected chi connectivity index (χ4v) is 3.54. The van der Waals surface area contributed by atoms with Crippen molar-refractivity contribution in [1.82, 2.24) is 14.8 Å². The average Bonchev–Trinajstić information content (AvgIpc) is 2.68. The van der Waals surface area contributed by atoms with Crippen LogP contribution in [0.1, 0.15) is 5.56 Å². The molecule has 7 heteroatoms. The number of hydrogen-bond acceptors (Lipinski definition) is 6. The quantitative estimate of drug-likeness (QED) is 0.745. The van der Waals surface area contributed by atoms with Gasteiger partial charge in [-0.2, -0.15) is 0 Å². The zero-order chi connectivity index (χ0) is 19.9. The summed E-state index contributed by atoms with van der Waals surface area (Å²) in [5, 5.41) is 8.93. The number of morpholine rings is 1. The number of ether oxygens (including phenoxy) is 2. The molecule has 1 unspecified atom stereocenters. The summed E-state index contributed by atoms with van der Waals surface area (Å²) in [6.07, 6.45) is 3.58. The van der Waals surface area contributed by atoms with Gasteiger partial charge in [-0.3, -0.25) is 19.6 Å². The summed E-state index contributed by atoms with van der Waals surface area (Å²) >= 11 is 0.